The van der Waals surface area contributed by atoms with Crippen molar-refractivity contribution in [3.63, 3.8) is 0 Å². The predicted octanol–water partition coefficient (Wildman–Crippen LogP) is 3.80. The van der Waals surface area contributed by atoms with Gasteiger partial charge in [-0.3, -0.25) is 0 Å². The van der Waals surface area contributed by atoms with Crippen LogP contribution in [0.2, 0.25) is 0 Å². The van der Waals surface area contributed by atoms with Crippen LogP contribution in [0, 0.1) is 13.8 Å². The van der Waals surface area contributed by atoms with Crippen molar-refractivity contribution in [1.82, 2.24) is 4.98 Å². The van der Waals surface area contributed by atoms with Gasteiger partial charge in [-0.05, 0) is 37.1 Å². The molecule has 0 saturated heterocycles. The van der Waals surface area contributed by atoms with Crippen molar-refractivity contribution in [1.29, 1.82) is 0 Å². The van der Waals surface area contributed by atoms with Crippen LogP contribution in [0.4, 0.5) is 0 Å². The lowest BCUT2D eigenvalue weighted by Crippen LogP contribution is -2.04. The first-order valence-corrected chi connectivity index (χ1v) is 7.08. The predicted molar refractivity (Wildman–Crippen MR) is 74.4 cm³/mol. The Morgan fingerprint density at radius 3 is 2.82 bits per heavy atom. The molecular formula is C13H14BrNOS. The molecule has 2 aromatic rings. The molecule has 2 rings (SSSR count). The summed E-state index contributed by atoms with van der Waals surface area (Å²) in [6.45, 7) is 3.99. The Hall–Kier alpha value is -0.710. The van der Waals surface area contributed by atoms with Gasteiger partial charge in [0.05, 0.1) is 16.8 Å². The third kappa shape index (κ3) is 3.15. The van der Waals surface area contributed by atoms with E-state index in [1.165, 1.54) is 0 Å². The third-order valence-electron chi connectivity index (χ3n) is 2.67. The second kappa shape index (κ2) is 5.29. The monoisotopic (exact) mass is 311 g/mol. The van der Waals surface area contributed by atoms with Gasteiger partial charge in [0, 0.05) is 16.3 Å². The van der Waals surface area contributed by atoms with Crippen molar-refractivity contribution in [2.24, 2.45) is 0 Å². The normalized spacial score (nSPS) is 12.7. The van der Waals surface area contributed by atoms with E-state index in [4.69, 9.17) is 0 Å². The Labute approximate surface area is 113 Å². The van der Waals surface area contributed by atoms with E-state index in [0.29, 0.717) is 6.42 Å². The van der Waals surface area contributed by atoms with Crippen LogP contribution in [-0.4, -0.2) is 10.1 Å². The number of rotatable bonds is 3. The van der Waals surface area contributed by atoms with E-state index in [2.05, 4.69) is 20.9 Å². The summed E-state index contributed by atoms with van der Waals surface area (Å²) in [5, 5.41) is 13.3. The van der Waals surface area contributed by atoms with Gasteiger partial charge in [0.1, 0.15) is 0 Å². The fourth-order valence-electron chi connectivity index (χ4n) is 1.78. The highest BCUT2D eigenvalue weighted by molar-refractivity contribution is 9.10. The Balaban J connectivity index is 2.19. The third-order valence-corrected chi connectivity index (χ3v) is 3.98. The maximum atomic E-state index is 10.2. The van der Waals surface area contributed by atoms with Crippen LogP contribution >= 0.6 is 27.3 Å². The summed E-state index contributed by atoms with van der Waals surface area (Å²) in [5.41, 5.74) is 3.03. The van der Waals surface area contributed by atoms with Crippen LogP contribution in [0.15, 0.2) is 28.1 Å². The number of aliphatic hydroxyl groups is 1. The van der Waals surface area contributed by atoms with Crippen LogP contribution < -0.4 is 0 Å². The lowest BCUT2D eigenvalue weighted by molar-refractivity contribution is 0.176. The molecule has 0 aliphatic carbocycles. The Morgan fingerprint density at radius 1 is 1.41 bits per heavy atom. The molecule has 1 aromatic carbocycles. The van der Waals surface area contributed by atoms with Gasteiger partial charge >= 0.3 is 0 Å². The van der Waals surface area contributed by atoms with Gasteiger partial charge in [0.15, 0.2) is 0 Å². The molecule has 2 nitrogen and oxygen atoms in total. The molecule has 4 heteroatoms. The van der Waals surface area contributed by atoms with Crippen LogP contribution in [0.1, 0.15) is 27.9 Å². The zero-order valence-corrected chi connectivity index (χ0v) is 12.2. The number of aromatic nitrogens is 1. The summed E-state index contributed by atoms with van der Waals surface area (Å²) in [7, 11) is 0. The van der Waals surface area contributed by atoms with Crippen molar-refractivity contribution < 1.29 is 5.11 Å². The molecule has 17 heavy (non-hydrogen) atoms. The molecule has 0 aliphatic rings. The van der Waals surface area contributed by atoms with Crippen LogP contribution in [0.5, 0.6) is 0 Å². The molecule has 1 unspecified atom stereocenters. The Bertz CT molecular complexity index is 524. The summed E-state index contributed by atoms with van der Waals surface area (Å²) in [5.74, 6) is 0. The number of aryl methyl sites for hydroxylation is 2. The van der Waals surface area contributed by atoms with Gasteiger partial charge in [-0.2, -0.15) is 0 Å². The quantitative estimate of drug-likeness (QED) is 0.935. The molecule has 90 valence electrons. The zero-order valence-electron chi connectivity index (χ0n) is 9.77. The van der Waals surface area contributed by atoms with Gasteiger partial charge < -0.3 is 5.11 Å². The second-order valence-corrected chi connectivity index (χ2v) is 6.06. The zero-order chi connectivity index (χ0) is 12.4. The number of halogens is 1. The average molecular weight is 312 g/mol. The first kappa shape index (κ1) is 12.7. The topological polar surface area (TPSA) is 33.1 Å². The van der Waals surface area contributed by atoms with E-state index >= 15 is 0 Å². The molecular weight excluding hydrogens is 298 g/mol. The second-order valence-electron chi connectivity index (χ2n) is 4.08. The van der Waals surface area contributed by atoms with Crippen molar-refractivity contribution in [2.75, 3.05) is 0 Å². The summed E-state index contributed by atoms with van der Waals surface area (Å²) in [6, 6.07) is 5.96. The van der Waals surface area contributed by atoms with Crippen LogP contribution in [0.3, 0.4) is 0 Å². The van der Waals surface area contributed by atoms with E-state index < -0.39 is 6.10 Å². The van der Waals surface area contributed by atoms with E-state index in [1.54, 1.807) is 11.3 Å². The van der Waals surface area contributed by atoms with Crippen molar-refractivity contribution in [3.05, 3.63) is 49.9 Å². The lowest BCUT2D eigenvalue weighted by Gasteiger charge is -2.13. The van der Waals surface area contributed by atoms with Gasteiger partial charge in [0.25, 0.3) is 0 Å². The number of hydrogen-bond donors (Lipinski definition) is 1. The summed E-state index contributed by atoms with van der Waals surface area (Å²) in [6.07, 6.45) is 0.0794. The van der Waals surface area contributed by atoms with Gasteiger partial charge in [0.2, 0.25) is 0 Å². The SMILES string of the molecule is Cc1nc(CC(O)c2cc(Br)ccc2C)cs1. The van der Waals surface area contributed by atoms with Gasteiger partial charge in [-0.15, -0.1) is 11.3 Å². The highest BCUT2D eigenvalue weighted by atomic mass is 79.9. The number of aliphatic hydroxyl groups excluding tert-OH is 1. The van der Waals surface area contributed by atoms with Crippen LogP contribution in [0.25, 0.3) is 0 Å². The minimum atomic E-state index is -0.492. The average Bonchev–Trinajstić information content (AvgIpc) is 2.67. The molecule has 0 spiro atoms. The molecule has 0 fully saturated rings. The molecule has 1 N–H and O–H groups in total. The van der Waals surface area contributed by atoms with E-state index in [0.717, 1.165) is 26.3 Å². The van der Waals surface area contributed by atoms with Crippen molar-refractivity contribution >= 4 is 27.3 Å². The lowest BCUT2D eigenvalue weighted by atomic mass is 10.0. The standard InChI is InChI=1S/C13H14BrNOS/c1-8-3-4-10(14)5-12(8)13(16)6-11-7-17-9(2)15-11/h3-5,7,13,16H,6H2,1-2H3. The van der Waals surface area contributed by atoms with E-state index in [-0.39, 0.29) is 0 Å². The van der Waals surface area contributed by atoms with Gasteiger partial charge in [-0.1, -0.05) is 22.0 Å². The van der Waals surface area contributed by atoms with Crippen molar-refractivity contribution in [2.45, 2.75) is 26.4 Å². The number of nitrogens with zero attached hydrogens (tertiary/aromatic N) is 1. The highest BCUT2D eigenvalue weighted by Crippen LogP contribution is 2.25. The summed E-state index contributed by atoms with van der Waals surface area (Å²) in [4.78, 5) is 4.38. The summed E-state index contributed by atoms with van der Waals surface area (Å²) >= 11 is 5.05. The molecule has 0 saturated carbocycles. The number of thiazole rings is 1. The molecule has 1 atom stereocenters. The fourth-order valence-corrected chi connectivity index (χ4v) is 2.78. The minimum absolute atomic E-state index is 0.492. The van der Waals surface area contributed by atoms with E-state index in [9.17, 15) is 5.11 Å². The largest absolute Gasteiger partial charge is 0.388 e. The first-order valence-electron chi connectivity index (χ1n) is 5.41. The Morgan fingerprint density at radius 2 is 2.18 bits per heavy atom. The number of hydrogen-bond acceptors (Lipinski definition) is 3. The molecule has 0 radical (unpaired) electrons. The Kier molecular flexibility index (Phi) is 3.97. The smallest absolute Gasteiger partial charge is 0.0897 e. The molecule has 0 bridgehead atoms. The molecule has 0 aliphatic heterocycles. The maximum absolute atomic E-state index is 10.2. The fraction of sp³-hybridized carbons (Fsp3) is 0.308. The van der Waals surface area contributed by atoms with E-state index in [1.807, 2.05) is 37.4 Å². The maximum Gasteiger partial charge on any atom is 0.0897 e. The summed E-state index contributed by atoms with van der Waals surface area (Å²) < 4.78 is 0.992. The minimum Gasteiger partial charge on any atom is -0.388 e. The van der Waals surface area contributed by atoms with Crippen molar-refractivity contribution in [3.8, 4) is 0 Å². The molecule has 0 amide bonds. The number of benzene rings is 1. The first-order chi connectivity index (χ1) is 8.06. The molecule has 1 aromatic heterocycles. The highest BCUT2D eigenvalue weighted by Gasteiger charge is 2.13. The van der Waals surface area contributed by atoms with Crippen LogP contribution in [-0.2, 0) is 6.42 Å². The van der Waals surface area contributed by atoms with Gasteiger partial charge in [-0.25, -0.2) is 4.98 Å². The molecule has 1 heterocycles.